The fraction of sp³-hybridized carbons (Fsp3) is 0.579. The van der Waals surface area contributed by atoms with E-state index in [-0.39, 0.29) is 12.5 Å². The second-order valence-corrected chi connectivity index (χ2v) is 6.98. The second-order valence-electron chi connectivity index (χ2n) is 6.98. The van der Waals surface area contributed by atoms with Gasteiger partial charge in [0.2, 0.25) is 5.91 Å². The van der Waals surface area contributed by atoms with Crippen molar-refractivity contribution in [2.45, 2.75) is 37.7 Å². The van der Waals surface area contributed by atoms with Gasteiger partial charge in [0, 0.05) is 26.6 Å². The average molecular weight is 328 g/mol. The minimum Gasteiger partial charge on any atom is -0.393 e. The van der Waals surface area contributed by atoms with Crippen LogP contribution in [0.2, 0.25) is 0 Å². The van der Waals surface area contributed by atoms with Crippen LogP contribution in [0, 0.1) is 16.7 Å². The lowest BCUT2D eigenvalue weighted by Gasteiger charge is -2.42. The predicted molar refractivity (Wildman–Crippen MR) is 89.2 cm³/mol. The number of nitriles is 1. The van der Waals surface area contributed by atoms with Crippen molar-refractivity contribution in [1.82, 2.24) is 4.90 Å². The molecule has 1 unspecified atom stereocenters. The zero-order valence-electron chi connectivity index (χ0n) is 14.1. The summed E-state index contributed by atoms with van der Waals surface area (Å²) < 4.78 is 5.45. The Bertz CT molecular complexity index is 653. The molecule has 128 valence electrons. The molecule has 1 aromatic carbocycles. The number of carbonyl (C=O) groups is 1. The quantitative estimate of drug-likeness (QED) is 0.916. The van der Waals surface area contributed by atoms with Crippen LogP contribution >= 0.6 is 0 Å². The highest BCUT2D eigenvalue weighted by Gasteiger charge is 2.46. The number of fused-ring (bicyclic) bond motifs is 1. The molecule has 0 aromatic heterocycles. The number of rotatable bonds is 3. The zero-order chi connectivity index (χ0) is 17.2. The van der Waals surface area contributed by atoms with Crippen LogP contribution in [-0.2, 0) is 22.4 Å². The van der Waals surface area contributed by atoms with Crippen molar-refractivity contribution >= 4 is 5.91 Å². The average Bonchev–Trinajstić information content (AvgIpc) is 2.67. The van der Waals surface area contributed by atoms with E-state index in [1.54, 1.807) is 12.0 Å². The maximum atomic E-state index is 13.1. The molecular formula is C19H24N2O3. The molecule has 1 heterocycles. The molecule has 1 fully saturated rings. The summed E-state index contributed by atoms with van der Waals surface area (Å²) in [5, 5.41) is 19.3. The maximum absolute atomic E-state index is 13.1. The Hall–Kier alpha value is -1.90. The molecule has 5 heteroatoms. The Morgan fingerprint density at radius 1 is 1.29 bits per heavy atom. The van der Waals surface area contributed by atoms with E-state index in [0.717, 1.165) is 12.0 Å². The van der Waals surface area contributed by atoms with Gasteiger partial charge in [-0.05, 0) is 36.8 Å². The lowest BCUT2D eigenvalue weighted by atomic mass is 9.71. The number of piperidine rings is 1. The summed E-state index contributed by atoms with van der Waals surface area (Å²) in [7, 11) is 1.60. The Morgan fingerprint density at radius 2 is 1.96 bits per heavy atom. The van der Waals surface area contributed by atoms with Gasteiger partial charge in [-0.1, -0.05) is 24.3 Å². The summed E-state index contributed by atoms with van der Waals surface area (Å²) in [5.74, 6) is -0.0675. The molecule has 1 N–H and O–H groups in total. The Labute approximate surface area is 142 Å². The zero-order valence-corrected chi connectivity index (χ0v) is 14.1. The first-order valence-electron chi connectivity index (χ1n) is 8.51. The van der Waals surface area contributed by atoms with E-state index in [2.05, 4.69) is 12.1 Å². The number of nitrogens with zero attached hydrogens (tertiary/aromatic N) is 2. The standard InChI is InChI=1S/C19H24N2O3/c1-24-19(14-22)8-10-21(11-9-19)17(23)18(13-20)7-6-15-4-2-3-5-16(15)12-18/h2-5,22H,6-12,14H2,1H3. The van der Waals surface area contributed by atoms with Gasteiger partial charge in [0.05, 0.1) is 18.3 Å². The van der Waals surface area contributed by atoms with Gasteiger partial charge in [-0.15, -0.1) is 0 Å². The second kappa shape index (κ2) is 6.54. The van der Waals surface area contributed by atoms with E-state index < -0.39 is 11.0 Å². The molecule has 0 spiro atoms. The molecule has 1 saturated heterocycles. The molecule has 3 rings (SSSR count). The van der Waals surface area contributed by atoms with Gasteiger partial charge in [0.1, 0.15) is 5.41 Å². The van der Waals surface area contributed by atoms with Crippen LogP contribution in [0.3, 0.4) is 0 Å². The molecule has 5 nitrogen and oxygen atoms in total. The third-order valence-electron chi connectivity index (χ3n) is 5.74. The summed E-state index contributed by atoms with van der Waals surface area (Å²) in [4.78, 5) is 14.9. The molecule has 1 aliphatic heterocycles. The van der Waals surface area contributed by atoms with E-state index in [1.807, 2.05) is 18.2 Å². The number of ether oxygens (including phenoxy) is 1. The highest BCUT2D eigenvalue weighted by Crippen LogP contribution is 2.38. The third-order valence-corrected chi connectivity index (χ3v) is 5.74. The molecule has 2 aliphatic rings. The van der Waals surface area contributed by atoms with Crippen LogP contribution in [0.1, 0.15) is 30.4 Å². The lowest BCUT2D eigenvalue weighted by Crippen LogP contribution is -2.54. The fourth-order valence-corrected chi connectivity index (χ4v) is 3.91. The molecule has 24 heavy (non-hydrogen) atoms. The van der Waals surface area contributed by atoms with Crippen LogP contribution in [-0.4, -0.2) is 48.3 Å². The largest absolute Gasteiger partial charge is 0.393 e. The Morgan fingerprint density at radius 3 is 2.54 bits per heavy atom. The lowest BCUT2D eigenvalue weighted by molar-refractivity contribution is -0.147. The van der Waals surface area contributed by atoms with Crippen LogP contribution in [0.5, 0.6) is 0 Å². The van der Waals surface area contributed by atoms with Crippen molar-refractivity contribution in [3.8, 4) is 6.07 Å². The number of carbonyl (C=O) groups excluding carboxylic acids is 1. The van der Waals surface area contributed by atoms with E-state index in [9.17, 15) is 15.2 Å². The van der Waals surface area contributed by atoms with E-state index >= 15 is 0 Å². The highest BCUT2D eigenvalue weighted by atomic mass is 16.5. The number of hydrogen-bond acceptors (Lipinski definition) is 4. The van der Waals surface area contributed by atoms with Gasteiger partial charge in [-0.3, -0.25) is 4.79 Å². The molecule has 0 saturated carbocycles. The number of likely N-dealkylation sites (tertiary alicyclic amines) is 1. The molecule has 1 atom stereocenters. The van der Waals surface area contributed by atoms with Gasteiger partial charge in [0.25, 0.3) is 0 Å². The summed E-state index contributed by atoms with van der Waals surface area (Å²) in [6.45, 7) is 1.01. The van der Waals surface area contributed by atoms with E-state index in [4.69, 9.17) is 4.74 Å². The van der Waals surface area contributed by atoms with Crippen LogP contribution in [0.15, 0.2) is 24.3 Å². The molecule has 1 aromatic rings. The van der Waals surface area contributed by atoms with Gasteiger partial charge in [-0.25, -0.2) is 0 Å². The molecule has 0 bridgehead atoms. The first-order chi connectivity index (χ1) is 11.6. The number of hydrogen-bond donors (Lipinski definition) is 1. The summed E-state index contributed by atoms with van der Waals surface area (Å²) in [6.07, 6.45) is 3.03. The number of methoxy groups -OCH3 is 1. The Balaban J connectivity index is 1.76. The third kappa shape index (κ3) is 2.81. The van der Waals surface area contributed by atoms with Crippen molar-refractivity contribution in [1.29, 1.82) is 5.26 Å². The maximum Gasteiger partial charge on any atom is 0.243 e. The summed E-state index contributed by atoms with van der Waals surface area (Å²) >= 11 is 0. The van der Waals surface area contributed by atoms with Gasteiger partial charge in [-0.2, -0.15) is 5.26 Å². The monoisotopic (exact) mass is 328 g/mol. The van der Waals surface area contributed by atoms with Crippen LogP contribution < -0.4 is 0 Å². The van der Waals surface area contributed by atoms with Gasteiger partial charge < -0.3 is 14.7 Å². The normalized spacial score (nSPS) is 25.6. The number of aliphatic hydroxyl groups excluding tert-OH is 1. The van der Waals surface area contributed by atoms with Gasteiger partial charge >= 0.3 is 0 Å². The van der Waals surface area contributed by atoms with E-state index in [1.165, 1.54) is 5.56 Å². The first kappa shape index (κ1) is 16.9. The number of aliphatic hydroxyl groups is 1. The number of amides is 1. The van der Waals surface area contributed by atoms with Crippen LogP contribution in [0.25, 0.3) is 0 Å². The highest BCUT2D eigenvalue weighted by molar-refractivity contribution is 5.86. The van der Waals surface area contributed by atoms with Gasteiger partial charge in [0.15, 0.2) is 0 Å². The molecular weight excluding hydrogens is 304 g/mol. The SMILES string of the molecule is COC1(CO)CCN(C(=O)C2(C#N)CCc3ccccc3C2)CC1. The summed E-state index contributed by atoms with van der Waals surface area (Å²) in [5.41, 5.74) is 0.849. The molecule has 1 amide bonds. The van der Waals surface area contributed by atoms with E-state index in [0.29, 0.717) is 38.8 Å². The van der Waals surface area contributed by atoms with Crippen molar-refractivity contribution in [3.63, 3.8) is 0 Å². The Kier molecular flexibility index (Phi) is 4.62. The predicted octanol–water partition coefficient (Wildman–Crippen LogP) is 1.69. The fourth-order valence-electron chi connectivity index (χ4n) is 3.91. The van der Waals surface area contributed by atoms with Crippen molar-refractivity contribution in [2.75, 3.05) is 26.8 Å². The minimum atomic E-state index is -0.958. The smallest absolute Gasteiger partial charge is 0.243 e. The van der Waals surface area contributed by atoms with Crippen molar-refractivity contribution < 1.29 is 14.6 Å². The van der Waals surface area contributed by atoms with Crippen LogP contribution in [0.4, 0.5) is 0 Å². The first-order valence-corrected chi connectivity index (χ1v) is 8.51. The number of benzene rings is 1. The number of aryl methyl sites for hydroxylation is 1. The topological polar surface area (TPSA) is 73.6 Å². The minimum absolute atomic E-state index is 0.0394. The molecule has 0 radical (unpaired) electrons. The molecule has 1 aliphatic carbocycles. The summed E-state index contributed by atoms with van der Waals surface area (Å²) in [6, 6.07) is 10.4. The van der Waals surface area contributed by atoms with Crippen molar-refractivity contribution in [2.24, 2.45) is 5.41 Å². The van der Waals surface area contributed by atoms with Crippen molar-refractivity contribution in [3.05, 3.63) is 35.4 Å².